The summed E-state index contributed by atoms with van der Waals surface area (Å²) in [5.74, 6) is 3.74. The third-order valence-electron chi connectivity index (χ3n) is 17.2. The van der Waals surface area contributed by atoms with Gasteiger partial charge in [0.2, 0.25) is 0 Å². The van der Waals surface area contributed by atoms with Crippen LogP contribution in [-0.2, 0) is 0 Å². The van der Waals surface area contributed by atoms with E-state index in [0.717, 1.165) is 137 Å². The molecule has 8 N–H and O–H groups in total. The van der Waals surface area contributed by atoms with Crippen molar-refractivity contribution in [2.45, 2.75) is 83.1 Å². The van der Waals surface area contributed by atoms with Crippen LogP contribution in [0.1, 0.15) is 77.0 Å². The van der Waals surface area contributed by atoms with E-state index in [1.807, 2.05) is 48.5 Å². The second kappa shape index (κ2) is 30.4. The number of fused-ring (bicyclic) bond motifs is 4. The van der Waals surface area contributed by atoms with Gasteiger partial charge < -0.3 is 86.0 Å². The number of likely N-dealkylation sites (tertiary alicyclic amines) is 4. The number of hydrogen-bond acceptors (Lipinski definition) is 17. The second-order valence-electron chi connectivity index (χ2n) is 23.4. The van der Waals surface area contributed by atoms with E-state index in [2.05, 4.69) is 82.5 Å². The third-order valence-corrected chi connectivity index (χ3v) is 17.2. The molecule has 1 atom stereocenters. The minimum Gasteiger partial charge on any atom is -0.489 e. The van der Waals surface area contributed by atoms with E-state index in [-0.39, 0.29) is 0 Å². The van der Waals surface area contributed by atoms with Gasteiger partial charge in [0, 0.05) is 92.3 Å². The van der Waals surface area contributed by atoms with Gasteiger partial charge in [-0.25, -0.2) is 0 Å². The molecule has 0 aromatic heterocycles. The highest BCUT2D eigenvalue weighted by Gasteiger charge is 2.26. The Labute approximate surface area is 479 Å². The van der Waals surface area contributed by atoms with Crippen molar-refractivity contribution in [2.75, 3.05) is 214 Å². The molecule has 17 heteroatoms. The maximum Gasteiger partial charge on any atom is 0.144 e. The van der Waals surface area contributed by atoms with E-state index >= 15 is 0 Å². The maximum absolute atomic E-state index is 5.84. The lowest BCUT2D eigenvalue weighted by Crippen LogP contribution is -2.41. The predicted octanol–water partition coefficient (Wildman–Crippen LogP) is 7.74. The normalized spacial score (nSPS) is 20.2. The number of nitrogens with zero attached hydrogens (tertiary/aromatic N) is 9. The molecule has 0 bridgehead atoms. The number of rotatable bonds is 16. The first-order chi connectivity index (χ1) is 39.1. The average molecular weight is 1100 g/mol. The van der Waals surface area contributed by atoms with Crippen molar-refractivity contribution in [3.63, 3.8) is 0 Å². The molecule has 12 rings (SSSR count). The Hall–Kier alpha value is -5.72. The summed E-state index contributed by atoms with van der Waals surface area (Å²) in [5.41, 5.74) is 31.1. The molecule has 4 aromatic rings. The van der Waals surface area contributed by atoms with Gasteiger partial charge in [-0.05, 0) is 192 Å². The smallest absolute Gasteiger partial charge is 0.144 e. The molecule has 440 valence electrons. The van der Waals surface area contributed by atoms with Gasteiger partial charge in [-0.15, -0.1) is 0 Å². The topological polar surface area (TPSA) is 170 Å². The number of piperidine rings is 2. The third kappa shape index (κ3) is 17.4. The lowest BCUT2D eigenvalue weighted by Gasteiger charge is -2.34. The molecule has 0 aliphatic carbocycles. The van der Waals surface area contributed by atoms with Crippen LogP contribution in [0.15, 0.2) is 72.8 Å². The lowest BCUT2D eigenvalue weighted by atomic mass is 10.1. The minimum atomic E-state index is 0.729. The SMILES string of the molecule is CN(C)C1CCN(CCCN2CCOc3cc(N)ccc32)C1.Nc1ccc2c(c1)OCCN2CCCN1CCCC1.Nc1ccc2c(c1)OCCN2CCCN1CCCCC1.Nc1ccc2c(c1)OCCN2CCN1CCCCC1. The molecule has 0 spiro atoms. The molecule has 8 heterocycles. The molecule has 0 saturated carbocycles. The van der Waals surface area contributed by atoms with Crippen molar-refractivity contribution < 1.29 is 18.9 Å². The standard InChI is InChI=1S/C17H28N4O.C16H25N3O.2C15H23N3O/c1-19(2)15-6-9-20(13-15)7-3-8-21-10-11-22-17-12-14(18)4-5-16(17)21;17-14-5-6-15-16(13-14)20-12-11-19(15)10-4-9-18-7-2-1-3-8-18;16-13-4-5-14-15(12-13)19-11-10-18(14)9-3-8-17-6-1-2-7-17;16-13-4-5-14-15(12-13)19-11-10-18(14)9-8-17-6-2-1-3-7-17/h4-5,12,15H,3,6-11,13,18H2,1-2H3;5-6,13H,1-4,7-12,17H2;2*4-5,12H,1-3,6-11,16H2. The van der Waals surface area contributed by atoms with Crippen molar-refractivity contribution in [3.8, 4) is 23.0 Å². The molecule has 4 saturated heterocycles. The number of nitrogens with two attached hydrogens (primary N) is 4. The summed E-state index contributed by atoms with van der Waals surface area (Å²) in [7, 11) is 4.37. The second-order valence-corrected chi connectivity index (χ2v) is 23.4. The van der Waals surface area contributed by atoms with Crippen LogP contribution in [0.3, 0.4) is 0 Å². The maximum atomic E-state index is 5.84. The fourth-order valence-corrected chi connectivity index (χ4v) is 12.6. The fourth-order valence-electron chi connectivity index (χ4n) is 12.6. The molecular weight excluding hydrogens is 1000 g/mol. The quantitative estimate of drug-likeness (QED) is 0.0803. The molecule has 80 heavy (non-hydrogen) atoms. The largest absolute Gasteiger partial charge is 0.489 e. The summed E-state index contributed by atoms with van der Waals surface area (Å²) in [4.78, 5) is 22.4. The van der Waals surface area contributed by atoms with E-state index in [9.17, 15) is 0 Å². The summed E-state index contributed by atoms with van der Waals surface area (Å²) < 4.78 is 22.8. The molecule has 4 fully saturated rings. The van der Waals surface area contributed by atoms with Crippen molar-refractivity contribution in [1.82, 2.24) is 24.5 Å². The van der Waals surface area contributed by atoms with E-state index in [1.165, 1.54) is 172 Å². The van der Waals surface area contributed by atoms with Crippen LogP contribution >= 0.6 is 0 Å². The van der Waals surface area contributed by atoms with Crippen LogP contribution in [0.4, 0.5) is 45.5 Å². The number of anilines is 8. The average Bonchev–Trinajstić information content (AvgIpc) is 4.20. The molecule has 8 aliphatic heterocycles. The summed E-state index contributed by atoms with van der Waals surface area (Å²) in [5, 5.41) is 0. The number of nitrogen functional groups attached to an aromatic ring is 4. The van der Waals surface area contributed by atoms with Crippen LogP contribution < -0.4 is 61.5 Å². The highest BCUT2D eigenvalue weighted by atomic mass is 16.5. The van der Waals surface area contributed by atoms with Crippen LogP contribution in [-0.4, -0.2) is 202 Å². The lowest BCUT2D eigenvalue weighted by molar-refractivity contribution is 0.226. The molecule has 0 radical (unpaired) electrons. The minimum absolute atomic E-state index is 0.729. The van der Waals surface area contributed by atoms with Gasteiger partial charge in [0.05, 0.1) is 48.9 Å². The fraction of sp³-hybridized carbons (Fsp3) is 0.619. The number of hydrogen-bond donors (Lipinski definition) is 4. The summed E-state index contributed by atoms with van der Waals surface area (Å²) in [6.45, 7) is 26.3. The predicted molar refractivity (Wildman–Crippen MR) is 333 cm³/mol. The van der Waals surface area contributed by atoms with E-state index in [1.54, 1.807) is 0 Å². The molecule has 1 unspecified atom stereocenters. The molecule has 17 nitrogen and oxygen atoms in total. The molecular formula is C63H99N13O4. The Morgan fingerprint density at radius 3 is 1.01 bits per heavy atom. The van der Waals surface area contributed by atoms with Gasteiger partial charge in [0.25, 0.3) is 0 Å². The van der Waals surface area contributed by atoms with Gasteiger partial charge >= 0.3 is 0 Å². The van der Waals surface area contributed by atoms with E-state index in [4.69, 9.17) is 41.9 Å². The highest BCUT2D eigenvalue weighted by molar-refractivity contribution is 5.67. The van der Waals surface area contributed by atoms with Gasteiger partial charge in [0.15, 0.2) is 0 Å². The van der Waals surface area contributed by atoms with Crippen molar-refractivity contribution in [1.29, 1.82) is 0 Å². The van der Waals surface area contributed by atoms with Crippen molar-refractivity contribution >= 4 is 45.5 Å². The number of likely N-dealkylation sites (N-methyl/N-ethyl adjacent to an activating group) is 1. The van der Waals surface area contributed by atoms with Crippen molar-refractivity contribution in [3.05, 3.63) is 72.8 Å². The zero-order valence-electron chi connectivity index (χ0n) is 48.9. The van der Waals surface area contributed by atoms with Crippen LogP contribution in [0, 0.1) is 0 Å². The first-order valence-electron chi connectivity index (χ1n) is 30.8. The van der Waals surface area contributed by atoms with Crippen molar-refractivity contribution in [2.24, 2.45) is 0 Å². The van der Waals surface area contributed by atoms with Gasteiger partial charge in [-0.3, -0.25) is 0 Å². The summed E-state index contributed by atoms with van der Waals surface area (Å²) in [6, 6.07) is 24.6. The van der Waals surface area contributed by atoms with Gasteiger partial charge in [0.1, 0.15) is 49.4 Å². The summed E-state index contributed by atoms with van der Waals surface area (Å²) in [6.07, 6.45) is 16.0. The van der Waals surface area contributed by atoms with Crippen LogP contribution in [0.25, 0.3) is 0 Å². The molecule has 4 aromatic carbocycles. The number of ether oxygens (including phenoxy) is 4. The highest BCUT2D eigenvalue weighted by Crippen LogP contribution is 2.37. The van der Waals surface area contributed by atoms with E-state index < -0.39 is 0 Å². The Bertz CT molecular complexity index is 2480. The van der Waals surface area contributed by atoms with Crippen LogP contribution in [0.5, 0.6) is 23.0 Å². The van der Waals surface area contributed by atoms with Crippen LogP contribution in [0.2, 0.25) is 0 Å². The molecule has 0 amide bonds. The van der Waals surface area contributed by atoms with Gasteiger partial charge in [-0.2, -0.15) is 0 Å². The summed E-state index contributed by atoms with van der Waals surface area (Å²) >= 11 is 0. The van der Waals surface area contributed by atoms with E-state index in [0.29, 0.717) is 0 Å². The Balaban J connectivity index is 0.000000129. The zero-order chi connectivity index (χ0) is 55.5. The Morgan fingerprint density at radius 1 is 0.362 bits per heavy atom. The van der Waals surface area contributed by atoms with Gasteiger partial charge in [-0.1, -0.05) is 12.8 Å². The molecule has 8 aliphatic rings. The first-order valence-corrected chi connectivity index (χ1v) is 30.8. The monoisotopic (exact) mass is 1100 g/mol. The Kier molecular flexibility index (Phi) is 22.4. The first kappa shape index (κ1) is 58.9. The number of benzene rings is 4. The Morgan fingerprint density at radius 2 is 0.675 bits per heavy atom. The zero-order valence-corrected chi connectivity index (χ0v) is 48.9.